The minimum Gasteiger partial charge on any atom is -0.513 e. The monoisotopic (exact) mass is 384 g/mol. The van der Waals surface area contributed by atoms with Crippen molar-refractivity contribution in [1.82, 2.24) is 10.3 Å². The van der Waals surface area contributed by atoms with E-state index in [0.717, 1.165) is 23.8 Å². The van der Waals surface area contributed by atoms with E-state index in [4.69, 9.17) is 9.84 Å². The van der Waals surface area contributed by atoms with Crippen LogP contribution in [-0.4, -0.2) is 33.6 Å². The molecular formula is C20H20N2O4S. The number of carbonyl (C=O) groups is 2. The van der Waals surface area contributed by atoms with Gasteiger partial charge in [0.1, 0.15) is 22.7 Å². The molecule has 1 aliphatic rings. The maximum Gasteiger partial charge on any atom is 0.238 e. The van der Waals surface area contributed by atoms with Crippen molar-refractivity contribution < 1.29 is 19.4 Å². The van der Waals surface area contributed by atoms with E-state index < -0.39 is 0 Å². The number of carbonyl (C=O) groups excluding carboxylic acids is 2. The first-order valence-corrected chi connectivity index (χ1v) is 9.48. The van der Waals surface area contributed by atoms with Crippen molar-refractivity contribution in [3.05, 3.63) is 70.7 Å². The fourth-order valence-corrected chi connectivity index (χ4v) is 3.56. The van der Waals surface area contributed by atoms with Crippen molar-refractivity contribution in [2.45, 2.75) is 25.0 Å². The highest BCUT2D eigenvalue weighted by molar-refractivity contribution is 8.04. The van der Waals surface area contributed by atoms with Crippen LogP contribution in [0.1, 0.15) is 28.5 Å². The zero-order valence-corrected chi connectivity index (χ0v) is 15.7. The van der Waals surface area contributed by atoms with Gasteiger partial charge in [-0.1, -0.05) is 36.9 Å². The normalized spacial score (nSPS) is 17.7. The van der Waals surface area contributed by atoms with Crippen molar-refractivity contribution in [2.75, 3.05) is 6.61 Å². The van der Waals surface area contributed by atoms with Crippen LogP contribution in [0.2, 0.25) is 0 Å². The molecule has 3 rings (SSSR count). The minimum atomic E-state index is -0.270. The molecule has 140 valence electrons. The van der Waals surface area contributed by atoms with Crippen molar-refractivity contribution in [2.24, 2.45) is 0 Å². The molecule has 1 aliphatic heterocycles. The number of hydrogen-bond donors (Lipinski definition) is 2. The lowest BCUT2D eigenvalue weighted by molar-refractivity contribution is -0.119. The smallest absolute Gasteiger partial charge is 0.238 e. The van der Waals surface area contributed by atoms with E-state index in [1.165, 1.54) is 11.8 Å². The van der Waals surface area contributed by atoms with E-state index in [1.54, 1.807) is 24.4 Å². The van der Waals surface area contributed by atoms with Crippen molar-refractivity contribution in [1.29, 1.82) is 0 Å². The second-order valence-corrected chi connectivity index (χ2v) is 7.30. The Morgan fingerprint density at radius 2 is 2.00 bits per heavy atom. The summed E-state index contributed by atoms with van der Waals surface area (Å²) in [6.07, 6.45) is 4.03. The number of ketones is 1. The number of Topliss-reactive ketones (excluding diaryl/α,β-unsaturated/α-hetero) is 1. The Hall–Kier alpha value is -2.80. The van der Waals surface area contributed by atoms with E-state index >= 15 is 0 Å². The molecule has 2 N–H and O–H groups in total. The predicted octanol–water partition coefficient (Wildman–Crippen LogP) is 3.04. The number of benzene rings is 1. The van der Waals surface area contributed by atoms with Crippen LogP contribution in [0.25, 0.3) is 0 Å². The molecule has 0 radical (unpaired) electrons. The number of thioether (sulfide) groups is 1. The largest absolute Gasteiger partial charge is 0.513 e. The van der Waals surface area contributed by atoms with Gasteiger partial charge < -0.3 is 15.2 Å². The fourth-order valence-electron chi connectivity index (χ4n) is 2.59. The number of aliphatic hydroxyl groups is 1. The summed E-state index contributed by atoms with van der Waals surface area (Å²) in [6.45, 7) is 1.95. The SMILES string of the molecule is CCc1ccc(C(=O)COc2ccc(CC3S/C(=C/O)NC3=O)cc2)nc1. The molecule has 2 heterocycles. The number of hydrogen-bond acceptors (Lipinski definition) is 6. The molecule has 1 atom stereocenters. The molecule has 27 heavy (non-hydrogen) atoms. The first-order valence-electron chi connectivity index (χ1n) is 8.60. The minimum absolute atomic E-state index is 0.0800. The van der Waals surface area contributed by atoms with Gasteiger partial charge >= 0.3 is 0 Å². The molecule has 0 saturated carbocycles. The van der Waals surface area contributed by atoms with Crippen molar-refractivity contribution in [3.63, 3.8) is 0 Å². The molecule has 0 bridgehead atoms. The molecule has 1 amide bonds. The standard InChI is InChI=1S/C20H20N2O4S/c1-2-13-5-8-16(21-10-13)17(24)12-26-15-6-3-14(4-7-15)9-18-20(25)22-19(11-23)27-18/h3-8,10-11,18,23H,2,9,12H2,1H3,(H,22,25)/b19-11+. The molecule has 0 aliphatic carbocycles. The van der Waals surface area contributed by atoms with Crippen molar-refractivity contribution in [3.8, 4) is 5.75 Å². The van der Waals surface area contributed by atoms with Gasteiger partial charge in [0, 0.05) is 6.20 Å². The predicted molar refractivity (Wildman–Crippen MR) is 104 cm³/mol. The molecule has 1 fully saturated rings. The summed E-state index contributed by atoms with van der Waals surface area (Å²) in [5.41, 5.74) is 2.44. The summed E-state index contributed by atoms with van der Waals surface area (Å²) in [5, 5.41) is 11.8. The van der Waals surface area contributed by atoms with Gasteiger partial charge in [0.05, 0.1) is 5.25 Å². The number of nitrogens with zero attached hydrogens (tertiary/aromatic N) is 1. The van der Waals surface area contributed by atoms with Crippen LogP contribution in [0.15, 0.2) is 53.9 Å². The number of amides is 1. The number of aliphatic hydroxyl groups excluding tert-OH is 1. The molecule has 6 nitrogen and oxygen atoms in total. The van der Waals surface area contributed by atoms with Crippen LogP contribution in [0.3, 0.4) is 0 Å². The van der Waals surface area contributed by atoms with Gasteiger partial charge in [-0.05, 0) is 42.2 Å². The Kier molecular flexibility index (Phi) is 6.13. The highest BCUT2D eigenvalue weighted by Gasteiger charge is 2.29. The van der Waals surface area contributed by atoms with Gasteiger partial charge in [0.25, 0.3) is 0 Å². The van der Waals surface area contributed by atoms with Crippen LogP contribution in [0.5, 0.6) is 5.75 Å². The Bertz CT molecular complexity index is 847. The summed E-state index contributed by atoms with van der Waals surface area (Å²) in [5.74, 6) is 0.286. The number of aryl methyl sites for hydroxylation is 1. The number of pyridine rings is 1. The molecule has 1 aromatic heterocycles. The second-order valence-electron chi connectivity index (χ2n) is 6.05. The van der Waals surface area contributed by atoms with Gasteiger partial charge in [0.2, 0.25) is 11.7 Å². The van der Waals surface area contributed by atoms with Gasteiger partial charge in [-0.15, -0.1) is 0 Å². The lowest BCUT2D eigenvalue weighted by Gasteiger charge is -2.08. The summed E-state index contributed by atoms with van der Waals surface area (Å²) in [6, 6.07) is 10.9. The average molecular weight is 384 g/mol. The highest BCUT2D eigenvalue weighted by Crippen LogP contribution is 2.29. The Labute approximate surface area is 161 Å². The molecular weight excluding hydrogens is 364 g/mol. The van der Waals surface area contributed by atoms with Crippen LogP contribution in [0.4, 0.5) is 0 Å². The van der Waals surface area contributed by atoms with E-state index in [0.29, 0.717) is 22.9 Å². The van der Waals surface area contributed by atoms with Gasteiger partial charge in [-0.3, -0.25) is 14.6 Å². The maximum absolute atomic E-state index is 12.1. The van der Waals surface area contributed by atoms with E-state index in [9.17, 15) is 9.59 Å². The van der Waals surface area contributed by atoms with Gasteiger partial charge in [0.15, 0.2) is 6.61 Å². The van der Waals surface area contributed by atoms with Gasteiger partial charge in [-0.25, -0.2) is 0 Å². The third-order valence-corrected chi connectivity index (χ3v) is 5.29. The number of rotatable bonds is 7. The second kappa shape index (κ2) is 8.73. The maximum atomic E-state index is 12.1. The third-order valence-electron chi connectivity index (χ3n) is 4.16. The van der Waals surface area contributed by atoms with E-state index in [2.05, 4.69) is 10.3 Å². The summed E-state index contributed by atoms with van der Waals surface area (Å²) in [4.78, 5) is 28.1. The van der Waals surface area contributed by atoms with Crippen LogP contribution in [0, 0.1) is 0 Å². The Morgan fingerprint density at radius 3 is 2.59 bits per heavy atom. The Morgan fingerprint density at radius 1 is 1.26 bits per heavy atom. The number of aromatic nitrogens is 1. The van der Waals surface area contributed by atoms with Crippen LogP contribution >= 0.6 is 11.8 Å². The molecule has 0 spiro atoms. The zero-order chi connectivity index (χ0) is 19.2. The van der Waals surface area contributed by atoms with Crippen LogP contribution < -0.4 is 10.1 Å². The van der Waals surface area contributed by atoms with Crippen molar-refractivity contribution >= 4 is 23.5 Å². The zero-order valence-electron chi connectivity index (χ0n) is 14.8. The third kappa shape index (κ3) is 4.89. The van der Waals surface area contributed by atoms with Gasteiger partial charge in [-0.2, -0.15) is 0 Å². The molecule has 1 unspecified atom stereocenters. The molecule has 1 aromatic carbocycles. The topological polar surface area (TPSA) is 88.5 Å². The first kappa shape index (κ1) is 19.0. The van der Waals surface area contributed by atoms with Crippen LogP contribution in [-0.2, 0) is 17.6 Å². The Balaban J connectivity index is 1.53. The molecule has 1 saturated heterocycles. The summed E-state index contributed by atoms with van der Waals surface area (Å²) in [7, 11) is 0. The van der Waals surface area contributed by atoms with E-state index in [-0.39, 0.29) is 23.5 Å². The number of nitrogens with one attached hydrogen (secondary N) is 1. The fraction of sp³-hybridized carbons (Fsp3) is 0.250. The average Bonchev–Trinajstić information content (AvgIpc) is 3.07. The summed E-state index contributed by atoms with van der Waals surface area (Å²) < 4.78 is 5.54. The lowest BCUT2D eigenvalue weighted by Crippen LogP contribution is -2.23. The molecule has 7 heteroatoms. The lowest BCUT2D eigenvalue weighted by atomic mass is 10.1. The highest BCUT2D eigenvalue weighted by atomic mass is 32.2. The quantitative estimate of drug-likeness (QED) is 0.563. The number of ether oxygens (including phenoxy) is 1. The molecule has 2 aromatic rings. The van der Waals surface area contributed by atoms with E-state index in [1.807, 2.05) is 25.1 Å². The first-order chi connectivity index (χ1) is 13.1. The summed E-state index contributed by atoms with van der Waals surface area (Å²) >= 11 is 1.30.